The van der Waals surface area contributed by atoms with Gasteiger partial charge in [0.25, 0.3) is 0 Å². The molecule has 9 N–H and O–H groups in total. The molecule has 40 heavy (non-hydrogen) atoms. The van der Waals surface area contributed by atoms with Crippen LogP contribution in [0.4, 0.5) is 0 Å². The van der Waals surface area contributed by atoms with Crippen molar-refractivity contribution in [3.05, 3.63) is 36.0 Å². The van der Waals surface area contributed by atoms with Gasteiger partial charge in [0.2, 0.25) is 23.6 Å². The van der Waals surface area contributed by atoms with Crippen molar-refractivity contribution < 1.29 is 29.1 Å². The summed E-state index contributed by atoms with van der Waals surface area (Å²) in [5.41, 5.74) is 12.7. The summed E-state index contributed by atoms with van der Waals surface area (Å²) in [6, 6.07) is 3.14. The van der Waals surface area contributed by atoms with Crippen LogP contribution in [0, 0.1) is 11.8 Å². The van der Waals surface area contributed by atoms with Crippen molar-refractivity contribution in [2.24, 2.45) is 23.3 Å². The number of carboxylic acids is 1. The van der Waals surface area contributed by atoms with Crippen molar-refractivity contribution in [2.75, 3.05) is 0 Å². The maximum Gasteiger partial charge on any atom is 0.326 e. The van der Waals surface area contributed by atoms with E-state index in [4.69, 9.17) is 11.5 Å². The molecule has 5 atom stereocenters. The molecule has 0 saturated carbocycles. The Kier molecular flexibility index (Phi) is 12.1. The van der Waals surface area contributed by atoms with E-state index in [-0.39, 0.29) is 37.5 Å². The number of nitrogens with one attached hydrogen (secondary N) is 4. The number of carbonyl (C=O) groups excluding carboxylic acids is 4. The molecule has 220 valence electrons. The fraction of sp³-hybridized carbons (Fsp3) is 0.536. The number of para-hydroxylation sites is 1. The van der Waals surface area contributed by atoms with E-state index in [0.717, 1.165) is 16.5 Å². The number of nitrogens with two attached hydrogens (primary N) is 2. The summed E-state index contributed by atoms with van der Waals surface area (Å²) >= 11 is 0. The quantitative estimate of drug-likeness (QED) is 0.158. The Morgan fingerprint density at radius 1 is 0.950 bits per heavy atom. The van der Waals surface area contributed by atoms with Crippen molar-refractivity contribution in [1.82, 2.24) is 20.9 Å². The molecule has 12 heteroatoms. The Balaban J connectivity index is 2.31. The molecule has 0 aliphatic heterocycles. The molecule has 2 aromatic rings. The number of hydrogen-bond donors (Lipinski definition) is 7. The molecule has 5 unspecified atom stereocenters. The van der Waals surface area contributed by atoms with Crippen molar-refractivity contribution in [2.45, 2.75) is 84.0 Å². The summed E-state index contributed by atoms with van der Waals surface area (Å²) in [6.07, 6.45) is 2.50. The highest BCUT2D eigenvalue weighted by Gasteiger charge is 2.33. The standard InChI is InChI=1S/C28H42N6O6/c1-5-16(4)24(27(38)33-22(28(39)40)12-15(2)3)34-26(37)21(32-25(36)19(29)10-11-23(30)35)13-17-14-31-20-9-7-6-8-18(17)20/h6-9,14-16,19,21-22,24,31H,5,10-13,29H2,1-4H3,(H2,30,35)(H,32,36)(H,33,38)(H,34,37)(H,39,40). The second-order valence-corrected chi connectivity index (χ2v) is 10.6. The number of benzene rings is 1. The van der Waals surface area contributed by atoms with Crippen LogP contribution in [-0.4, -0.2) is 63.9 Å². The van der Waals surface area contributed by atoms with Crippen LogP contribution < -0.4 is 27.4 Å². The molecule has 12 nitrogen and oxygen atoms in total. The first-order valence-corrected chi connectivity index (χ1v) is 13.6. The molecule has 0 spiro atoms. The molecule has 1 aromatic heterocycles. The SMILES string of the molecule is CCC(C)C(NC(=O)C(Cc1c[nH]c2ccccc12)NC(=O)C(N)CCC(N)=O)C(=O)NC(CC(C)C)C(=O)O. The van der Waals surface area contributed by atoms with Crippen LogP contribution in [0.2, 0.25) is 0 Å². The zero-order chi connectivity index (χ0) is 30.0. The fourth-order valence-electron chi connectivity index (χ4n) is 4.35. The summed E-state index contributed by atoms with van der Waals surface area (Å²) in [4.78, 5) is 65.7. The Bertz CT molecular complexity index is 1190. The molecule has 0 aliphatic carbocycles. The Morgan fingerprint density at radius 3 is 2.20 bits per heavy atom. The molecular weight excluding hydrogens is 516 g/mol. The molecule has 4 amide bonds. The first kappa shape index (κ1) is 32.3. The minimum absolute atomic E-state index is 0.00686. The van der Waals surface area contributed by atoms with Gasteiger partial charge in [0.05, 0.1) is 6.04 Å². The van der Waals surface area contributed by atoms with Gasteiger partial charge < -0.3 is 37.5 Å². The van der Waals surface area contributed by atoms with Crippen LogP contribution in [0.25, 0.3) is 10.9 Å². The van der Waals surface area contributed by atoms with Crippen molar-refractivity contribution in [3.8, 4) is 0 Å². The highest BCUT2D eigenvalue weighted by atomic mass is 16.4. The summed E-state index contributed by atoms with van der Waals surface area (Å²) in [5, 5.41) is 18.4. The van der Waals surface area contributed by atoms with Crippen molar-refractivity contribution in [3.63, 3.8) is 0 Å². The molecule has 0 aliphatic rings. The number of aromatic nitrogens is 1. The number of rotatable bonds is 16. The van der Waals surface area contributed by atoms with Crippen LogP contribution in [0.1, 0.15) is 58.9 Å². The lowest BCUT2D eigenvalue weighted by Gasteiger charge is -2.28. The van der Waals surface area contributed by atoms with Crippen LogP contribution in [0.5, 0.6) is 0 Å². The minimum Gasteiger partial charge on any atom is -0.480 e. The third-order valence-corrected chi connectivity index (χ3v) is 6.89. The predicted octanol–water partition coefficient (Wildman–Crippen LogP) is 0.934. The highest BCUT2D eigenvalue weighted by molar-refractivity contribution is 5.95. The van der Waals surface area contributed by atoms with E-state index in [1.165, 1.54) is 0 Å². The molecule has 0 bridgehead atoms. The maximum atomic E-state index is 13.6. The number of primary amides is 1. The number of H-pyrrole nitrogens is 1. The highest BCUT2D eigenvalue weighted by Crippen LogP contribution is 2.20. The Labute approximate surface area is 234 Å². The third-order valence-electron chi connectivity index (χ3n) is 6.89. The van der Waals surface area contributed by atoms with E-state index < -0.39 is 53.8 Å². The Hall–Kier alpha value is -3.93. The van der Waals surface area contributed by atoms with Gasteiger partial charge in [-0.3, -0.25) is 19.2 Å². The second-order valence-electron chi connectivity index (χ2n) is 10.6. The molecule has 0 saturated heterocycles. The number of carboxylic acid groups (broad SMARTS) is 1. The van der Waals surface area contributed by atoms with Gasteiger partial charge in [-0.15, -0.1) is 0 Å². The zero-order valence-corrected chi connectivity index (χ0v) is 23.5. The predicted molar refractivity (Wildman–Crippen MR) is 151 cm³/mol. The smallest absolute Gasteiger partial charge is 0.326 e. The van der Waals surface area contributed by atoms with E-state index >= 15 is 0 Å². The van der Waals surface area contributed by atoms with Crippen molar-refractivity contribution >= 4 is 40.5 Å². The number of aliphatic carboxylic acids is 1. The van der Waals surface area contributed by atoms with Crippen LogP contribution >= 0.6 is 0 Å². The van der Waals surface area contributed by atoms with E-state index in [1.54, 1.807) is 13.1 Å². The lowest BCUT2D eigenvalue weighted by atomic mass is 9.96. The molecule has 0 radical (unpaired) electrons. The topological polar surface area (TPSA) is 209 Å². The summed E-state index contributed by atoms with van der Waals surface area (Å²) in [6.45, 7) is 7.32. The Morgan fingerprint density at radius 2 is 1.60 bits per heavy atom. The van der Waals surface area contributed by atoms with Crippen LogP contribution in [0.3, 0.4) is 0 Å². The monoisotopic (exact) mass is 558 g/mol. The van der Waals surface area contributed by atoms with E-state index in [9.17, 15) is 29.1 Å². The lowest BCUT2D eigenvalue weighted by Crippen LogP contribution is -2.59. The third kappa shape index (κ3) is 9.37. The van der Waals surface area contributed by atoms with Crippen molar-refractivity contribution in [1.29, 1.82) is 0 Å². The first-order chi connectivity index (χ1) is 18.8. The van der Waals surface area contributed by atoms with Gasteiger partial charge in [0.1, 0.15) is 18.1 Å². The molecule has 0 fully saturated rings. The van der Waals surface area contributed by atoms with E-state index in [2.05, 4.69) is 20.9 Å². The number of hydrogen-bond acceptors (Lipinski definition) is 6. The largest absolute Gasteiger partial charge is 0.480 e. The summed E-state index contributed by atoms with van der Waals surface area (Å²) in [5.74, 6) is -3.97. The first-order valence-electron chi connectivity index (χ1n) is 13.6. The molecular formula is C28H42N6O6. The lowest BCUT2D eigenvalue weighted by molar-refractivity contribution is -0.143. The number of amides is 4. The molecule has 1 heterocycles. The number of aromatic amines is 1. The molecule has 1 aromatic carbocycles. The van der Waals surface area contributed by atoms with Crippen LogP contribution in [-0.2, 0) is 30.4 Å². The zero-order valence-electron chi connectivity index (χ0n) is 23.5. The summed E-state index contributed by atoms with van der Waals surface area (Å²) < 4.78 is 0. The fourth-order valence-corrected chi connectivity index (χ4v) is 4.35. The van der Waals surface area contributed by atoms with Gasteiger partial charge >= 0.3 is 5.97 Å². The van der Waals surface area contributed by atoms with Gasteiger partial charge in [0, 0.05) is 29.9 Å². The normalized spacial score (nSPS) is 15.1. The average molecular weight is 559 g/mol. The van der Waals surface area contributed by atoms with Gasteiger partial charge in [-0.2, -0.15) is 0 Å². The van der Waals surface area contributed by atoms with Gasteiger partial charge in [-0.1, -0.05) is 52.3 Å². The number of fused-ring (bicyclic) bond motifs is 1. The van der Waals surface area contributed by atoms with Gasteiger partial charge in [-0.05, 0) is 36.3 Å². The average Bonchev–Trinajstić information content (AvgIpc) is 3.31. The maximum absolute atomic E-state index is 13.6. The van der Waals surface area contributed by atoms with Gasteiger partial charge in [0.15, 0.2) is 0 Å². The van der Waals surface area contributed by atoms with Gasteiger partial charge in [-0.25, -0.2) is 4.79 Å². The summed E-state index contributed by atoms with van der Waals surface area (Å²) in [7, 11) is 0. The molecule has 2 rings (SSSR count). The minimum atomic E-state index is -1.16. The van der Waals surface area contributed by atoms with E-state index in [1.807, 2.05) is 45.0 Å². The second kappa shape index (κ2) is 15.0. The van der Waals surface area contributed by atoms with Crippen LogP contribution in [0.15, 0.2) is 30.5 Å². The number of carbonyl (C=O) groups is 5. The van der Waals surface area contributed by atoms with E-state index in [0.29, 0.717) is 6.42 Å².